The van der Waals surface area contributed by atoms with Crippen molar-refractivity contribution >= 4 is 29.7 Å². The highest BCUT2D eigenvalue weighted by Gasteiger charge is 2.22. The molecular weight excluding hydrogens is 344 g/mol. The largest absolute Gasteiger partial charge is 0.334 e. The van der Waals surface area contributed by atoms with Crippen molar-refractivity contribution in [1.29, 1.82) is 0 Å². The molecule has 0 aliphatic heterocycles. The summed E-state index contributed by atoms with van der Waals surface area (Å²) in [7, 11) is 1.61. The van der Waals surface area contributed by atoms with E-state index in [2.05, 4.69) is 4.98 Å². The van der Waals surface area contributed by atoms with Crippen molar-refractivity contribution in [2.75, 3.05) is 13.6 Å². The van der Waals surface area contributed by atoms with Crippen LogP contribution in [-0.2, 0) is 6.42 Å². The van der Waals surface area contributed by atoms with Gasteiger partial charge in [-0.3, -0.25) is 4.79 Å². The van der Waals surface area contributed by atoms with Crippen molar-refractivity contribution in [1.82, 2.24) is 9.88 Å². The fraction of sp³-hybridized carbons (Fsp3) is 0.333. The highest BCUT2D eigenvalue weighted by Crippen LogP contribution is 2.23. The van der Waals surface area contributed by atoms with Gasteiger partial charge in [-0.25, -0.2) is 13.8 Å². The molecule has 0 saturated carbocycles. The normalized spacial score (nSPS) is 11.7. The molecule has 2 N–H and O–H groups in total. The minimum atomic E-state index is -0.927. The Labute approximate surface area is 143 Å². The first-order valence-electron chi connectivity index (χ1n) is 6.80. The van der Waals surface area contributed by atoms with Crippen molar-refractivity contribution in [2.24, 2.45) is 5.73 Å². The maximum absolute atomic E-state index is 13.3. The number of carbonyl (C=O) groups excluding carboxylic acids is 1. The third-order valence-electron chi connectivity index (χ3n) is 3.46. The number of hydrogen-bond acceptors (Lipinski definition) is 4. The van der Waals surface area contributed by atoms with Gasteiger partial charge in [-0.15, -0.1) is 23.7 Å². The summed E-state index contributed by atoms with van der Waals surface area (Å²) in [5.74, 6) is -2.10. The molecule has 8 heteroatoms. The number of carbonyl (C=O) groups is 1. The lowest BCUT2D eigenvalue weighted by Crippen LogP contribution is -2.30. The van der Waals surface area contributed by atoms with Gasteiger partial charge in [-0.1, -0.05) is 6.07 Å². The average molecular weight is 362 g/mol. The summed E-state index contributed by atoms with van der Waals surface area (Å²) in [6.07, 6.45) is 0.625. The molecule has 0 saturated heterocycles. The second-order valence-electron chi connectivity index (χ2n) is 4.93. The summed E-state index contributed by atoms with van der Waals surface area (Å²) in [6.45, 7) is 2.22. The summed E-state index contributed by atoms with van der Waals surface area (Å²) in [5, 5.41) is 2.49. The Morgan fingerprint density at radius 2 is 2.09 bits per heavy atom. The van der Waals surface area contributed by atoms with E-state index in [0.29, 0.717) is 24.2 Å². The first-order valence-corrected chi connectivity index (χ1v) is 7.68. The lowest BCUT2D eigenvalue weighted by atomic mass is 10.1. The topological polar surface area (TPSA) is 59.2 Å². The van der Waals surface area contributed by atoms with Crippen LogP contribution in [0.4, 0.5) is 8.78 Å². The molecule has 0 aliphatic carbocycles. The van der Waals surface area contributed by atoms with Gasteiger partial charge in [0.15, 0.2) is 11.6 Å². The number of nitrogens with zero attached hydrogens (tertiary/aromatic N) is 2. The lowest BCUT2D eigenvalue weighted by molar-refractivity contribution is 0.0737. The predicted molar refractivity (Wildman–Crippen MR) is 89.0 cm³/mol. The van der Waals surface area contributed by atoms with Crippen LogP contribution >= 0.6 is 23.7 Å². The fourth-order valence-corrected chi connectivity index (χ4v) is 2.79. The molecule has 1 amide bonds. The van der Waals surface area contributed by atoms with E-state index in [9.17, 15) is 13.6 Å². The van der Waals surface area contributed by atoms with Gasteiger partial charge >= 0.3 is 0 Å². The Kier molecular flexibility index (Phi) is 7.05. The molecule has 0 radical (unpaired) electrons. The van der Waals surface area contributed by atoms with Crippen molar-refractivity contribution < 1.29 is 13.6 Å². The molecule has 1 unspecified atom stereocenters. The number of nitrogens with two attached hydrogens (primary N) is 1. The number of thiazole rings is 1. The van der Waals surface area contributed by atoms with E-state index in [1.54, 1.807) is 19.4 Å². The molecule has 2 aromatic rings. The number of aromatic nitrogens is 1. The van der Waals surface area contributed by atoms with Crippen LogP contribution in [0.1, 0.15) is 34.0 Å². The molecule has 2 rings (SSSR count). The summed E-state index contributed by atoms with van der Waals surface area (Å²) in [6, 6.07) is 3.22. The molecule has 1 atom stereocenters. The zero-order chi connectivity index (χ0) is 16.3. The quantitative estimate of drug-likeness (QED) is 0.889. The molecule has 4 nitrogen and oxygen atoms in total. The molecule has 0 spiro atoms. The van der Waals surface area contributed by atoms with Crippen molar-refractivity contribution in [3.63, 3.8) is 0 Å². The molecule has 0 bridgehead atoms. The highest BCUT2D eigenvalue weighted by molar-refractivity contribution is 7.09. The predicted octanol–water partition coefficient (Wildman–Crippen LogP) is 3.18. The molecule has 1 aromatic carbocycles. The minimum absolute atomic E-state index is 0. The second-order valence-corrected chi connectivity index (χ2v) is 5.87. The van der Waals surface area contributed by atoms with Crippen LogP contribution in [0.3, 0.4) is 0 Å². The third-order valence-corrected chi connectivity index (χ3v) is 4.37. The minimum Gasteiger partial charge on any atom is -0.334 e. The summed E-state index contributed by atoms with van der Waals surface area (Å²) < 4.78 is 26.3. The summed E-state index contributed by atoms with van der Waals surface area (Å²) in [5.41, 5.74) is 6.32. The number of hydrogen-bond donors (Lipinski definition) is 1. The summed E-state index contributed by atoms with van der Waals surface area (Å²) in [4.78, 5) is 18.1. The Hall–Kier alpha value is -1.57. The Balaban J connectivity index is 0.00000264. The number of halogens is 3. The fourth-order valence-electron chi connectivity index (χ4n) is 2.00. The van der Waals surface area contributed by atoms with E-state index in [4.69, 9.17) is 5.73 Å². The van der Waals surface area contributed by atoms with Gasteiger partial charge in [-0.2, -0.15) is 0 Å². The van der Waals surface area contributed by atoms with E-state index in [1.807, 2.05) is 0 Å². The summed E-state index contributed by atoms with van der Waals surface area (Å²) >= 11 is 1.38. The Morgan fingerprint density at radius 3 is 2.70 bits per heavy atom. The third kappa shape index (κ3) is 4.46. The molecule has 1 aromatic heterocycles. The maximum atomic E-state index is 13.3. The van der Waals surface area contributed by atoms with Gasteiger partial charge in [0, 0.05) is 18.8 Å². The van der Waals surface area contributed by atoms with Gasteiger partial charge < -0.3 is 10.6 Å². The van der Waals surface area contributed by atoms with Crippen LogP contribution in [0.25, 0.3) is 0 Å². The monoisotopic (exact) mass is 361 g/mol. The molecule has 1 heterocycles. The molecule has 0 fully saturated rings. The average Bonchev–Trinajstić information content (AvgIpc) is 2.97. The van der Waals surface area contributed by atoms with E-state index in [0.717, 1.165) is 17.1 Å². The van der Waals surface area contributed by atoms with E-state index >= 15 is 0 Å². The lowest BCUT2D eigenvalue weighted by Gasteiger charge is -2.24. The van der Waals surface area contributed by atoms with E-state index < -0.39 is 17.7 Å². The second kappa shape index (κ2) is 8.33. The van der Waals surface area contributed by atoms with Crippen molar-refractivity contribution in [2.45, 2.75) is 19.4 Å². The van der Waals surface area contributed by atoms with Crippen LogP contribution < -0.4 is 5.73 Å². The Bertz CT molecular complexity index is 680. The number of rotatable bonds is 5. The Morgan fingerprint density at radius 1 is 1.39 bits per heavy atom. The SMILES string of the molecule is CC(c1ccc(F)c(F)c1)N(C)C(=O)c1csc(CCN)n1.Cl. The number of benzene rings is 1. The van der Waals surface area contributed by atoms with Crippen LogP contribution in [0, 0.1) is 11.6 Å². The molecular formula is C15H18ClF2N3OS. The zero-order valence-corrected chi connectivity index (χ0v) is 14.4. The van der Waals surface area contributed by atoms with Gasteiger partial charge in [0.1, 0.15) is 5.69 Å². The van der Waals surface area contributed by atoms with Gasteiger partial charge in [-0.05, 0) is 31.2 Å². The van der Waals surface area contributed by atoms with Crippen molar-refractivity contribution in [3.05, 3.63) is 51.5 Å². The smallest absolute Gasteiger partial charge is 0.273 e. The first-order chi connectivity index (χ1) is 10.4. The molecule has 126 valence electrons. The number of amides is 1. The van der Waals surface area contributed by atoms with Crippen LogP contribution in [-0.4, -0.2) is 29.4 Å². The highest BCUT2D eigenvalue weighted by atomic mass is 35.5. The van der Waals surface area contributed by atoms with Crippen LogP contribution in [0.5, 0.6) is 0 Å². The van der Waals surface area contributed by atoms with Gasteiger partial charge in [0.05, 0.1) is 11.0 Å². The van der Waals surface area contributed by atoms with E-state index in [-0.39, 0.29) is 18.3 Å². The molecule has 23 heavy (non-hydrogen) atoms. The molecule has 0 aliphatic rings. The zero-order valence-electron chi connectivity index (χ0n) is 12.8. The standard InChI is InChI=1S/C15H17F2N3OS.ClH/c1-9(10-3-4-11(16)12(17)7-10)20(2)15(21)13-8-22-14(19-13)5-6-18;/h3-4,7-9H,5-6,18H2,1-2H3;1H. The van der Waals surface area contributed by atoms with E-state index in [1.165, 1.54) is 22.3 Å². The van der Waals surface area contributed by atoms with Gasteiger partial charge in [0.25, 0.3) is 5.91 Å². The van der Waals surface area contributed by atoms with Gasteiger partial charge in [0.2, 0.25) is 0 Å². The van der Waals surface area contributed by atoms with Crippen LogP contribution in [0.15, 0.2) is 23.6 Å². The van der Waals surface area contributed by atoms with Crippen molar-refractivity contribution in [3.8, 4) is 0 Å². The first kappa shape index (κ1) is 19.5. The van der Waals surface area contributed by atoms with Crippen LogP contribution in [0.2, 0.25) is 0 Å². The maximum Gasteiger partial charge on any atom is 0.273 e.